The maximum Gasteiger partial charge on any atom is 0.337 e. The fraction of sp³-hybridized carbons (Fsp3) is 0.310. The molecule has 0 N–H and O–H groups in total. The highest BCUT2D eigenvalue weighted by Gasteiger charge is 2.23. The molecule has 3 aromatic carbocycles. The van der Waals surface area contributed by atoms with Crippen LogP contribution in [0.3, 0.4) is 0 Å². The highest BCUT2D eigenvalue weighted by molar-refractivity contribution is 5.89. The molecule has 34 heavy (non-hydrogen) atoms. The number of ether oxygens (including phenoxy) is 2. The van der Waals surface area contributed by atoms with Gasteiger partial charge in [-0.25, -0.2) is 4.79 Å². The molecule has 0 bridgehead atoms. The van der Waals surface area contributed by atoms with Crippen LogP contribution in [-0.2, 0) is 16.0 Å². The van der Waals surface area contributed by atoms with Gasteiger partial charge in [-0.1, -0.05) is 60.7 Å². The molecule has 176 valence electrons. The van der Waals surface area contributed by atoms with Crippen LogP contribution < -0.4 is 4.74 Å². The monoisotopic (exact) mass is 457 g/mol. The predicted molar refractivity (Wildman–Crippen MR) is 133 cm³/mol. The zero-order valence-corrected chi connectivity index (χ0v) is 19.6. The fourth-order valence-electron chi connectivity index (χ4n) is 4.45. The van der Waals surface area contributed by atoms with Gasteiger partial charge in [-0.3, -0.25) is 4.79 Å². The molecule has 3 aromatic rings. The number of hydrogen-bond donors (Lipinski definition) is 0. The van der Waals surface area contributed by atoms with Crippen LogP contribution in [0.15, 0.2) is 78.9 Å². The van der Waals surface area contributed by atoms with Crippen molar-refractivity contribution < 1.29 is 19.1 Å². The van der Waals surface area contributed by atoms with Gasteiger partial charge in [-0.15, -0.1) is 0 Å². The van der Waals surface area contributed by atoms with Gasteiger partial charge in [-0.05, 0) is 60.9 Å². The Hall–Kier alpha value is -3.60. The summed E-state index contributed by atoms with van der Waals surface area (Å²) in [5, 5.41) is 0. The van der Waals surface area contributed by atoms with E-state index in [4.69, 9.17) is 9.47 Å². The molecular formula is C29H31NO4. The second-order valence-corrected chi connectivity index (χ2v) is 8.70. The molecule has 1 aliphatic rings. The van der Waals surface area contributed by atoms with E-state index in [0.29, 0.717) is 11.5 Å². The van der Waals surface area contributed by atoms with Crippen LogP contribution in [-0.4, -0.2) is 43.6 Å². The molecule has 1 heterocycles. The maximum atomic E-state index is 12.8. The van der Waals surface area contributed by atoms with E-state index in [2.05, 4.69) is 0 Å². The molecule has 4 rings (SSSR count). The van der Waals surface area contributed by atoms with E-state index in [0.717, 1.165) is 55.6 Å². The predicted octanol–water partition coefficient (Wildman–Crippen LogP) is 5.39. The van der Waals surface area contributed by atoms with Gasteiger partial charge in [0, 0.05) is 18.7 Å². The number of methoxy groups -OCH3 is 1. The van der Waals surface area contributed by atoms with E-state index in [9.17, 15) is 9.59 Å². The summed E-state index contributed by atoms with van der Waals surface area (Å²) < 4.78 is 10.7. The first-order chi connectivity index (χ1) is 16.6. The Labute approximate surface area is 201 Å². The fourth-order valence-corrected chi connectivity index (χ4v) is 4.45. The number of nitrogens with zero attached hydrogens (tertiary/aromatic N) is 1. The molecule has 0 aromatic heterocycles. The van der Waals surface area contributed by atoms with E-state index in [-0.39, 0.29) is 18.5 Å². The van der Waals surface area contributed by atoms with Gasteiger partial charge in [0.05, 0.1) is 12.7 Å². The Bertz CT molecular complexity index is 1090. The lowest BCUT2D eigenvalue weighted by molar-refractivity contribution is -0.134. The summed E-state index contributed by atoms with van der Waals surface area (Å²) in [5.41, 5.74) is 3.86. The summed E-state index contributed by atoms with van der Waals surface area (Å²) in [7, 11) is 1.39. The van der Waals surface area contributed by atoms with Crippen molar-refractivity contribution in [1.29, 1.82) is 0 Å². The molecular weight excluding hydrogens is 426 g/mol. The number of esters is 1. The number of carbonyl (C=O) groups excluding carboxylic acids is 2. The second kappa shape index (κ2) is 11.5. The summed E-state index contributed by atoms with van der Waals surface area (Å²) in [5.74, 6) is 1.06. The van der Waals surface area contributed by atoms with Crippen LogP contribution in [0.4, 0.5) is 0 Å². The van der Waals surface area contributed by atoms with Gasteiger partial charge < -0.3 is 14.4 Å². The van der Waals surface area contributed by atoms with Gasteiger partial charge in [0.2, 0.25) is 0 Å². The molecule has 5 heteroatoms. The van der Waals surface area contributed by atoms with Crippen molar-refractivity contribution in [3.63, 3.8) is 0 Å². The number of benzene rings is 3. The van der Waals surface area contributed by atoms with Crippen LogP contribution in [0.2, 0.25) is 0 Å². The topological polar surface area (TPSA) is 55.8 Å². The van der Waals surface area contributed by atoms with Crippen LogP contribution in [0, 0.1) is 5.92 Å². The molecule has 5 nitrogen and oxygen atoms in total. The molecule has 1 fully saturated rings. The lowest BCUT2D eigenvalue weighted by Crippen LogP contribution is -2.41. The number of rotatable bonds is 8. The minimum absolute atomic E-state index is 0.0414. The standard InChI is InChI=1S/C29H31NO4/c1-33-29(32)25-15-13-22(14-16-25)11-12-23-17-19-30(20-18-23)28(31)21-34-27-10-6-5-9-26(27)24-7-3-2-4-8-24/h2-10,13-16,23H,11-12,17-21H2,1H3. The molecule has 0 unspecified atom stereocenters. The second-order valence-electron chi connectivity index (χ2n) is 8.70. The third-order valence-corrected chi connectivity index (χ3v) is 6.51. The van der Waals surface area contributed by atoms with Crippen molar-refractivity contribution >= 4 is 11.9 Å². The molecule has 0 atom stereocenters. The maximum absolute atomic E-state index is 12.8. The first-order valence-electron chi connectivity index (χ1n) is 11.9. The van der Waals surface area contributed by atoms with Crippen molar-refractivity contribution in [2.45, 2.75) is 25.7 Å². The summed E-state index contributed by atoms with van der Waals surface area (Å²) in [4.78, 5) is 26.3. The third-order valence-electron chi connectivity index (χ3n) is 6.51. The summed E-state index contributed by atoms with van der Waals surface area (Å²) in [6, 6.07) is 25.5. The summed E-state index contributed by atoms with van der Waals surface area (Å²) in [6.07, 6.45) is 4.07. The Morgan fingerprint density at radius 3 is 2.26 bits per heavy atom. The first kappa shape index (κ1) is 23.6. The number of piperidine rings is 1. The van der Waals surface area contributed by atoms with Crippen LogP contribution in [0.5, 0.6) is 5.75 Å². The van der Waals surface area contributed by atoms with E-state index < -0.39 is 0 Å². The minimum atomic E-state index is -0.309. The van der Waals surface area contributed by atoms with Gasteiger partial charge in [0.15, 0.2) is 6.61 Å². The van der Waals surface area contributed by atoms with E-state index >= 15 is 0 Å². The molecule has 0 saturated carbocycles. The van der Waals surface area contributed by atoms with Crippen molar-refractivity contribution in [2.24, 2.45) is 5.92 Å². The Morgan fingerprint density at radius 1 is 0.882 bits per heavy atom. The van der Waals surface area contributed by atoms with Crippen LogP contribution in [0.25, 0.3) is 11.1 Å². The third kappa shape index (κ3) is 6.04. The molecule has 0 aliphatic carbocycles. The largest absolute Gasteiger partial charge is 0.483 e. The van der Waals surface area contributed by atoms with Crippen molar-refractivity contribution in [3.05, 3.63) is 90.0 Å². The Balaban J connectivity index is 1.23. The lowest BCUT2D eigenvalue weighted by atomic mass is 9.90. The van der Waals surface area contributed by atoms with E-state index in [1.165, 1.54) is 12.7 Å². The normalized spacial score (nSPS) is 14.0. The smallest absolute Gasteiger partial charge is 0.337 e. The highest BCUT2D eigenvalue weighted by atomic mass is 16.5. The number of carbonyl (C=O) groups is 2. The van der Waals surface area contributed by atoms with Gasteiger partial charge in [-0.2, -0.15) is 0 Å². The van der Waals surface area contributed by atoms with Crippen molar-refractivity contribution in [1.82, 2.24) is 4.90 Å². The number of amides is 1. The number of para-hydroxylation sites is 1. The van der Waals surface area contributed by atoms with Gasteiger partial charge in [0.1, 0.15) is 5.75 Å². The van der Waals surface area contributed by atoms with Crippen molar-refractivity contribution in [2.75, 3.05) is 26.8 Å². The lowest BCUT2D eigenvalue weighted by Gasteiger charge is -2.32. The number of aryl methyl sites for hydroxylation is 1. The Morgan fingerprint density at radius 2 is 1.56 bits per heavy atom. The highest BCUT2D eigenvalue weighted by Crippen LogP contribution is 2.30. The van der Waals surface area contributed by atoms with Crippen LogP contribution >= 0.6 is 0 Å². The van der Waals surface area contributed by atoms with E-state index in [1.807, 2.05) is 83.8 Å². The zero-order valence-electron chi connectivity index (χ0n) is 19.6. The SMILES string of the molecule is COC(=O)c1ccc(CCC2CCN(C(=O)COc3ccccc3-c3ccccc3)CC2)cc1. The minimum Gasteiger partial charge on any atom is -0.483 e. The molecule has 0 radical (unpaired) electrons. The molecule has 1 amide bonds. The molecule has 0 spiro atoms. The molecule has 1 aliphatic heterocycles. The quantitative estimate of drug-likeness (QED) is 0.426. The van der Waals surface area contributed by atoms with Crippen LogP contribution in [0.1, 0.15) is 35.2 Å². The summed E-state index contributed by atoms with van der Waals surface area (Å²) in [6.45, 7) is 1.60. The van der Waals surface area contributed by atoms with Crippen molar-refractivity contribution in [3.8, 4) is 16.9 Å². The number of likely N-dealkylation sites (tertiary alicyclic amines) is 1. The van der Waals surface area contributed by atoms with Gasteiger partial charge >= 0.3 is 5.97 Å². The first-order valence-corrected chi connectivity index (χ1v) is 11.9. The van der Waals surface area contributed by atoms with Gasteiger partial charge in [0.25, 0.3) is 5.91 Å². The van der Waals surface area contributed by atoms with E-state index in [1.54, 1.807) is 0 Å². The Kier molecular flexibility index (Phi) is 7.97. The average molecular weight is 458 g/mol. The average Bonchev–Trinajstić information content (AvgIpc) is 2.91. The number of hydrogen-bond acceptors (Lipinski definition) is 4. The zero-order chi connectivity index (χ0) is 23.8. The molecule has 1 saturated heterocycles. The summed E-state index contributed by atoms with van der Waals surface area (Å²) >= 11 is 0.